The summed E-state index contributed by atoms with van der Waals surface area (Å²) in [5.74, 6) is 0.381. The molecule has 0 N–H and O–H groups in total. The summed E-state index contributed by atoms with van der Waals surface area (Å²) >= 11 is 6.62. The first-order valence-corrected chi connectivity index (χ1v) is 12.3. The fourth-order valence-corrected chi connectivity index (χ4v) is 5.64. The predicted molar refractivity (Wildman–Crippen MR) is 139 cm³/mol. The number of carbonyl (C=O) groups excluding carboxylic acids is 1. The van der Waals surface area contributed by atoms with Crippen LogP contribution in [-0.4, -0.2) is 51.3 Å². The van der Waals surface area contributed by atoms with E-state index in [9.17, 15) is 9.59 Å². The molecule has 5 rings (SSSR count). The minimum atomic E-state index is -0.212. The van der Waals surface area contributed by atoms with Crippen LogP contribution in [0.5, 0.6) is 0 Å². The molecule has 2 aliphatic heterocycles. The molecular weight excluding hydrogens is 468 g/mol. The van der Waals surface area contributed by atoms with Crippen LogP contribution in [0.4, 0.5) is 5.82 Å². The van der Waals surface area contributed by atoms with Crippen LogP contribution in [0.2, 0.25) is 0 Å². The van der Waals surface area contributed by atoms with Gasteiger partial charge in [0.1, 0.15) is 15.8 Å². The van der Waals surface area contributed by atoms with Gasteiger partial charge in [-0.3, -0.25) is 18.9 Å². The third-order valence-corrected chi connectivity index (χ3v) is 7.54. The van der Waals surface area contributed by atoms with E-state index in [1.54, 1.807) is 23.8 Å². The Balaban J connectivity index is 1.64. The van der Waals surface area contributed by atoms with Crippen LogP contribution in [0.3, 0.4) is 0 Å². The maximum Gasteiger partial charge on any atom is 0.267 e. The number of carbonyl (C=O) groups is 1. The molecule has 34 heavy (non-hydrogen) atoms. The molecule has 0 atom stereocenters. The van der Waals surface area contributed by atoms with Crippen LogP contribution in [0.1, 0.15) is 22.3 Å². The van der Waals surface area contributed by atoms with E-state index in [2.05, 4.69) is 23.1 Å². The number of hydrogen-bond acceptors (Lipinski definition) is 7. The third-order valence-electron chi connectivity index (χ3n) is 6.16. The number of pyridine rings is 1. The lowest BCUT2D eigenvalue weighted by Gasteiger charge is -2.31. The monoisotopic (exact) mass is 492 g/mol. The summed E-state index contributed by atoms with van der Waals surface area (Å²) in [5, 5.41) is 0. The SMILES string of the molecule is COCCN1C(=O)/C(=C/c2c(N3CCc4ccccc4C3)nc3c(C)cccn3c2=O)SC1=S. The molecule has 1 amide bonds. The molecule has 0 spiro atoms. The number of rotatable bonds is 5. The van der Waals surface area contributed by atoms with Crippen molar-refractivity contribution in [2.75, 3.05) is 31.7 Å². The van der Waals surface area contributed by atoms with E-state index < -0.39 is 0 Å². The quantitative estimate of drug-likeness (QED) is 0.399. The Bertz CT molecular complexity index is 1400. The fraction of sp³-hybridized carbons (Fsp3) is 0.280. The van der Waals surface area contributed by atoms with Gasteiger partial charge in [0.2, 0.25) is 0 Å². The summed E-state index contributed by atoms with van der Waals surface area (Å²) in [7, 11) is 1.58. The Morgan fingerprint density at radius 1 is 1.18 bits per heavy atom. The van der Waals surface area contributed by atoms with Gasteiger partial charge in [0.25, 0.3) is 11.5 Å². The highest BCUT2D eigenvalue weighted by Gasteiger charge is 2.33. The molecule has 1 saturated heterocycles. The second-order valence-corrected chi connectivity index (χ2v) is 9.98. The van der Waals surface area contributed by atoms with Crippen molar-refractivity contribution < 1.29 is 9.53 Å². The molecule has 2 aliphatic rings. The molecule has 0 saturated carbocycles. The number of anilines is 1. The molecule has 0 aliphatic carbocycles. The van der Waals surface area contributed by atoms with E-state index in [0.29, 0.717) is 46.0 Å². The number of methoxy groups -OCH3 is 1. The lowest BCUT2D eigenvalue weighted by atomic mass is 9.99. The van der Waals surface area contributed by atoms with Gasteiger partial charge in [-0.2, -0.15) is 0 Å². The molecule has 0 radical (unpaired) electrons. The predicted octanol–water partition coefficient (Wildman–Crippen LogP) is 3.41. The van der Waals surface area contributed by atoms with Crippen molar-refractivity contribution in [3.8, 4) is 0 Å². The van der Waals surface area contributed by atoms with Crippen LogP contribution < -0.4 is 10.5 Å². The number of thiocarbonyl (C=S) groups is 1. The van der Waals surface area contributed by atoms with Crippen molar-refractivity contribution in [2.45, 2.75) is 19.9 Å². The van der Waals surface area contributed by atoms with Gasteiger partial charge in [-0.1, -0.05) is 54.3 Å². The highest BCUT2D eigenvalue weighted by Crippen LogP contribution is 2.34. The minimum Gasteiger partial charge on any atom is -0.383 e. The average molecular weight is 493 g/mol. The van der Waals surface area contributed by atoms with Gasteiger partial charge in [-0.25, -0.2) is 4.98 Å². The number of amides is 1. The van der Waals surface area contributed by atoms with Crippen molar-refractivity contribution in [3.63, 3.8) is 0 Å². The summed E-state index contributed by atoms with van der Waals surface area (Å²) < 4.78 is 7.12. The first-order valence-electron chi connectivity index (χ1n) is 11.1. The molecule has 1 aromatic carbocycles. The molecule has 4 heterocycles. The largest absolute Gasteiger partial charge is 0.383 e. The van der Waals surface area contributed by atoms with Crippen molar-refractivity contribution in [1.82, 2.24) is 14.3 Å². The van der Waals surface area contributed by atoms with Crippen molar-refractivity contribution in [1.29, 1.82) is 0 Å². The Kier molecular flexibility index (Phi) is 6.24. The van der Waals surface area contributed by atoms with Gasteiger partial charge >= 0.3 is 0 Å². The number of aromatic nitrogens is 2. The van der Waals surface area contributed by atoms with Gasteiger partial charge in [0.05, 0.1) is 23.6 Å². The Hall–Kier alpha value is -3.01. The fourth-order valence-electron chi connectivity index (χ4n) is 4.35. The first-order chi connectivity index (χ1) is 16.5. The molecule has 1 fully saturated rings. The topological polar surface area (TPSA) is 67.2 Å². The zero-order valence-electron chi connectivity index (χ0n) is 19.0. The highest BCUT2D eigenvalue weighted by atomic mass is 32.2. The van der Waals surface area contributed by atoms with Crippen LogP contribution >= 0.6 is 24.0 Å². The van der Waals surface area contributed by atoms with E-state index in [1.807, 2.05) is 25.1 Å². The van der Waals surface area contributed by atoms with E-state index in [0.717, 1.165) is 18.5 Å². The van der Waals surface area contributed by atoms with Crippen molar-refractivity contribution in [3.05, 3.63) is 80.1 Å². The molecule has 9 heteroatoms. The molecule has 3 aromatic rings. The van der Waals surface area contributed by atoms with Crippen LogP contribution in [0, 0.1) is 6.92 Å². The van der Waals surface area contributed by atoms with E-state index >= 15 is 0 Å². The lowest BCUT2D eigenvalue weighted by Crippen LogP contribution is -2.34. The van der Waals surface area contributed by atoms with E-state index in [-0.39, 0.29) is 11.5 Å². The standard InChI is InChI=1S/C25H24N4O3S2/c1-16-6-5-10-28-21(16)26-22(27-11-9-17-7-3-4-8-18(17)15-27)19(23(28)30)14-20-24(31)29(12-13-32-2)25(33)34-20/h3-8,10,14H,9,11-13,15H2,1-2H3/b20-14-. The maximum absolute atomic E-state index is 13.7. The smallest absolute Gasteiger partial charge is 0.267 e. The molecular formula is C25H24N4O3S2. The summed E-state index contributed by atoms with van der Waals surface area (Å²) in [6.07, 6.45) is 4.24. The molecule has 7 nitrogen and oxygen atoms in total. The lowest BCUT2D eigenvalue weighted by molar-refractivity contribution is -0.122. The van der Waals surface area contributed by atoms with Gasteiger partial charge in [0, 0.05) is 26.4 Å². The molecule has 0 unspecified atom stereocenters. The number of nitrogens with zero attached hydrogens (tertiary/aromatic N) is 4. The minimum absolute atomic E-state index is 0.204. The third kappa shape index (κ3) is 4.04. The van der Waals surface area contributed by atoms with Crippen LogP contribution in [-0.2, 0) is 22.5 Å². The molecule has 174 valence electrons. The summed E-state index contributed by atoms with van der Waals surface area (Å²) in [5.41, 5.74) is 4.26. The van der Waals surface area contributed by atoms with E-state index in [4.69, 9.17) is 21.9 Å². The Labute approximate surface area is 207 Å². The van der Waals surface area contributed by atoms with Gasteiger partial charge in [0.15, 0.2) is 0 Å². The summed E-state index contributed by atoms with van der Waals surface area (Å²) in [4.78, 5) is 35.8. The van der Waals surface area contributed by atoms with Gasteiger partial charge in [-0.15, -0.1) is 0 Å². The number of ether oxygens (including phenoxy) is 1. The van der Waals surface area contributed by atoms with E-state index in [1.165, 1.54) is 27.8 Å². The number of thioether (sulfide) groups is 1. The average Bonchev–Trinajstić information content (AvgIpc) is 3.11. The Morgan fingerprint density at radius 3 is 2.76 bits per heavy atom. The molecule has 0 bridgehead atoms. The Morgan fingerprint density at radius 2 is 1.97 bits per heavy atom. The summed E-state index contributed by atoms with van der Waals surface area (Å²) in [6, 6.07) is 12.1. The number of aryl methyl sites for hydroxylation is 1. The summed E-state index contributed by atoms with van der Waals surface area (Å²) in [6.45, 7) is 4.10. The van der Waals surface area contributed by atoms with Gasteiger partial charge < -0.3 is 9.64 Å². The van der Waals surface area contributed by atoms with Gasteiger partial charge in [-0.05, 0) is 42.2 Å². The maximum atomic E-state index is 13.7. The number of hydrogen-bond donors (Lipinski definition) is 0. The second kappa shape index (κ2) is 9.32. The zero-order valence-corrected chi connectivity index (χ0v) is 20.6. The molecule has 2 aromatic heterocycles. The number of benzene rings is 1. The van der Waals surface area contributed by atoms with Crippen LogP contribution in [0.25, 0.3) is 11.7 Å². The van der Waals surface area contributed by atoms with Crippen molar-refractivity contribution >= 4 is 51.7 Å². The zero-order chi connectivity index (χ0) is 23.8. The van der Waals surface area contributed by atoms with Crippen LogP contribution in [0.15, 0.2) is 52.3 Å². The second-order valence-electron chi connectivity index (χ2n) is 8.31. The van der Waals surface area contributed by atoms with Crippen molar-refractivity contribution in [2.24, 2.45) is 0 Å². The number of fused-ring (bicyclic) bond motifs is 2. The normalized spacial score (nSPS) is 17.2. The first kappa shape index (κ1) is 22.8. The highest BCUT2D eigenvalue weighted by molar-refractivity contribution is 8.26.